The third-order valence-electron chi connectivity index (χ3n) is 2.73. The highest BCUT2D eigenvalue weighted by Crippen LogP contribution is 2.07. The van der Waals surface area contributed by atoms with E-state index < -0.39 is 0 Å². The first-order valence-corrected chi connectivity index (χ1v) is 5.82. The van der Waals surface area contributed by atoms with Crippen LogP contribution in [0.15, 0.2) is 24.3 Å². The first-order valence-electron chi connectivity index (χ1n) is 5.82. The summed E-state index contributed by atoms with van der Waals surface area (Å²) in [4.78, 5) is 2.31. The van der Waals surface area contributed by atoms with Crippen LogP contribution in [0.25, 0.3) is 0 Å². The molecule has 0 atom stereocenters. The molecule has 0 aliphatic rings. The van der Waals surface area contributed by atoms with Crippen LogP contribution in [0.2, 0.25) is 0 Å². The Balaban J connectivity index is 2.57. The van der Waals surface area contributed by atoms with E-state index in [9.17, 15) is 0 Å². The zero-order valence-corrected chi connectivity index (χ0v) is 10.6. The van der Waals surface area contributed by atoms with E-state index in [1.807, 2.05) is 24.3 Å². The average Bonchev–Trinajstić information content (AvgIpc) is 2.35. The summed E-state index contributed by atoms with van der Waals surface area (Å²) in [5.41, 5.74) is 7.41. The molecule has 4 heteroatoms. The van der Waals surface area contributed by atoms with Crippen molar-refractivity contribution in [3.05, 3.63) is 35.4 Å². The minimum Gasteiger partial charge on any atom is -0.384 e. The molecule has 0 amide bonds. The molecule has 0 fully saturated rings. The number of likely N-dealkylation sites (N-methyl/N-ethyl adjacent to an activating group) is 1. The van der Waals surface area contributed by atoms with Gasteiger partial charge in [-0.05, 0) is 12.1 Å². The number of hydrogen-bond acceptors (Lipinski definition) is 3. The lowest BCUT2D eigenvalue weighted by Gasteiger charge is -2.19. The summed E-state index contributed by atoms with van der Waals surface area (Å²) >= 11 is 0. The molecule has 0 saturated heterocycles. The maximum Gasteiger partial charge on any atom is 0.122 e. The van der Waals surface area contributed by atoms with E-state index in [0.717, 1.165) is 31.8 Å². The number of methoxy groups -OCH3 is 1. The monoisotopic (exact) mass is 235 g/mol. The van der Waals surface area contributed by atoms with Crippen LogP contribution in [-0.4, -0.2) is 37.5 Å². The Labute approximate surface area is 103 Å². The number of nitrogens with two attached hydrogens (primary N) is 1. The van der Waals surface area contributed by atoms with Gasteiger partial charge >= 0.3 is 0 Å². The van der Waals surface area contributed by atoms with Crippen LogP contribution in [0.1, 0.15) is 18.1 Å². The molecule has 17 heavy (non-hydrogen) atoms. The lowest BCUT2D eigenvalue weighted by atomic mass is 10.1. The minimum absolute atomic E-state index is 0.114. The van der Waals surface area contributed by atoms with Gasteiger partial charge in [-0.2, -0.15) is 0 Å². The highest BCUT2D eigenvalue weighted by molar-refractivity contribution is 5.94. The Bertz CT molecular complexity index is 348. The van der Waals surface area contributed by atoms with E-state index in [1.54, 1.807) is 7.11 Å². The third kappa shape index (κ3) is 4.54. The molecule has 0 bridgehead atoms. The normalized spacial score (nSPS) is 10.8. The fraction of sp³-hybridized carbons (Fsp3) is 0.462. The third-order valence-corrected chi connectivity index (χ3v) is 2.73. The standard InChI is InChI=1S/C13H21N3O/c1-3-16(8-9-17-2)10-11-4-6-12(7-5-11)13(14)15/h4-7H,3,8-10H2,1-2H3,(H3,14,15). The summed E-state index contributed by atoms with van der Waals surface area (Å²) in [7, 11) is 1.72. The Morgan fingerprint density at radius 3 is 2.47 bits per heavy atom. The molecular weight excluding hydrogens is 214 g/mol. The molecule has 3 N–H and O–H groups in total. The number of amidine groups is 1. The maximum absolute atomic E-state index is 7.33. The molecule has 0 heterocycles. The molecule has 0 saturated carbocycles. The number of nitrogens with one attached hydrogen (secondary N) is 1. The van der Waals surface area contributed by atoms with Crippen molar-refractivity contribution in [2.45, 2.75) is 13.5 Å². The van der Waals surface area contributed by atoms with Crippen molar-refractivity contribution in [3.8, 4) is 0 Å². The van der Waals surface area contributed by atoms with Gasteiger partial charge in [-0.25, -0.2) is 0 Å². The Kier molecular flexibility index (Phi) is 5.66. The largest absolute Gasteiger partial charge is 0.384 e. The van der Waals surface area contributed by atoms with Crippen LogP contribution in [0.5, 0.6) is 0 Å². The van der Waals surface area contributed by atoms with Gasteiger partial charge in [0.15, 0.2) is 0 Å². The van der Waals surface area contributed by atoms with Crippen molar-refractivity contribution in [1.29, 1.82) is 5.41 Å². The predicted molar refractivity (Wildman–Crippen MR) is 70.3 cm³/mol. The van der Waals surface area contributed by atoms with Crippen LogP contribution in [0, 0.1) is 5.41 Å². The Morgan fingerprint density at radius 2 is 2.00 bits per heavy atom. The van der Waals surface area contributed by atoms with Crippen molar-refractivity contribution < 1.29 is 4.74 Å². The van der Waals surface area contributed by atoms with E-state index in [-0.39, 0.29) is 5.84 Å². The maximum atomic E-state index is 7.33. The highest BCUT2D eigenvalue weighted by Gasteiger charge is 2.03. The van der Waals surface area contributed by atoms with E-state index in [0.29, 0.717) is 0 Å². The lowest BCUT2D eigenvalue weighted by Crippen LogP contribution is -2.26. The van der Waals surface area contributed by atoms with E-state index in [1.165, 1.54) is 5.56 Å². The summed E-state index contributed by atoms with van der Waals surface area (Å²) in [5.74, 6) is 0.114. The molecule has 0 aliphatic heterocycles. The smallest absolute Gasteiger partial charge is 0.122 e. The van der Waals surface area contributed by atoms with Crippen LogP contribution >= 0.6 is 0 Å². The van der Waals surface area contributed by atoms with Crippen LogP contribution in [0.3, 0.4) is 0 Å². The van der Waals surface area contributed by atoms with Gasteiger partial charge in [0.25, 0.3) is 0 Å². The van der Waals surface area contributed by atoms with Gasteiger partial charge in [0.05, 0.1) is 6.61 Å². The first-order chi connectivity index (χ1) is 8.17. The number of ether oxygens (including phenoxy) is 1. The molecule has 0 unspecified atom stereocenters. The van der Waals surface area contributed by atoms with Gasteiger partial charge in [0.2, 0.25) is 0 Å². The van der Waals surface area contributed by atoms with Crippen LogP contribution < -0.4 is 5.73 Å². The molecular formula is C13H21N3O. The number of nitrogens with zero attached hydrogens (tertiary/aromatic N) is 1. The SMILES string of the molecule is CCN(CCOC)Cc1ccc(C(=N)N)cc1. The zero-order valence-electron chi connectivity index (χ0n) is 10.6. The summed E-state index contributed by atoms with van der Waals surface area (Å²) in [6, 6.07) is 7.82. The summed E-state index contributed by atoms with van der Waals surface area (Å²) in [6.07, 6.45) is 0. The zero-order chi connectivity index (χ0) is 12.7. The first kappa shape index (κ1) is 13.7. The van der Waals surface area contributed by atoms with Crippen LogP contribution in [0.4, 0.5) is 0 Å². The molecule has 0 aliphatic carbocycles. The molecule has 0 radical (unpaired) electrons. The fourth-order valence-electron chi connectivity index (χ4n) is 1.62. The van der Waals surface area contributed by atoms with Gasteiger partial charge in [-0.1, -0.05) is 31.2 Å². The summed E-state index contributed by atoms with van der Waals surface area (Å²) < 4.78 is 5.08. The second-order valence-corrected chi connectivity index (χ2v) is 3.97. The number of benzene rings is 1. The molecule has 0 aromatic heterocycles. The van der Waals surface area contributed by atoms with Gasteiger partial charge in [-0.3, -0.25) is 10.3 Å². The lowest BCUT2D eigenvalue weighted by molar-refractivity contribution is 0.147. The van der Waals surface area contributed by atoms with E-state index >= 15 is 0 Å². The second kappa shape index (κ2) is 7.04. The molecule has 94 valence electrons. The number of hydrogen-bond donors (Lipinski definition) is 2. The molecule has 1 aromatic rings. The van der Waals surface area contributed by atoms with Gasteiger partial charge in [-0.15, -0.1) is 0 Å². The quantitative estimate of drug-likeness (QED) is 0.555. The molecule has 1 rings (SSSR count). The Morgan fingerprint density at radius 1 is 1.35 bits per heavy atom. The Hall–Kier alpha value is -1.39. The van der Waals surface area contributed by atoms with Gasteiger partial charge in [0.1, 0.15) is 5.84 Å². The minimum atomic E-state index is 0.114. The van der Waals surface area contributed by atoms with Gasteiger partial charge in [0, 0.05) is 25.8 Å². The number of nitrogen functional groups attached to an aromatic ring is 1. The van der Waals surface area contributed by atoms with Crippen molar-refractivity contribution >= 4 is 5.84 Å². The molecule has 4 nitrogen and oxygen atoms in total. The fourth-order valence-corrected chi connectivity index (χ4v) is 1.62. The predicted octanol–water partition coefficient (Wildman–Crippen LogP) is 1.44. The topological polar surface area (TPSA) is 62.3 Å². The van der Waals surface area contributed by atoms with E-state index in [2.05, 4.69) is 11.8 Å². The summed E-state index contributed by atoms with van der Waals surface area (Å²) in [5, 5.41) is 7.33. The number of rotatable bonds is 7. The van der Waals surface area contributed by atoms with Crippen molar-refractivity contribution in [2.24, 2.45) is 5.73 Å². The molecule has 1 aromatic carbocycles. The van der Waals surface area contributed by atoms with Crippen molar-refractivity contribution in [3.63, 3.8) is 0 Å². The second-order valence-electron chi connectivity index (χ2n) is 3.97. The van der Waals surface area contributed by atoms with Crippen molar-refractivity contribution in [1.82, 2.24) is 4.90 Å². The van der Waals surface area contributed by atoms with Crippen LogP contribution in [-0.2, 0) is 11.3 Å². The molecule has 0 spiro atoms. The van der Waals surface area contributed by atoms with Crippen molar-refractivity contribution in [2.75, 3.05) is 26.8 Å². The average molecular weight is 235 g/mol. The van der Waals surface area contributed by atoms with Gasteiger partial charge < -0.3 is 10.5 Å². The highest BCUT2D eigenvalue weighted by atomic mass is 16.5. The van der Waals surface area contributed by atoms with E-state index in [4.69, 9.17) is 15.9 Å². The summed E-state index contributed by atoms with van der Waals surface area (Å²) in [6.45, 7) is 5.72.